The fourth-order valence-corrected chi connectivity index (χ4v) is 5.00. The van der Waals surface area contributed by atoms with Crippen LogP contribution in [-0.2, 0) is 27.1 Å². The van der Waals surface area contributed by atoms with Crippen molar-refractivity contribution in [3.8, 4) is 0 Å². The Bertz CT molecular complexity index is 1160. The van der Waals surface area contributed by atoms with Gasteiger partial charge in [-0.2, -0.15) is 0 Å². The first-order valence-electron chi connectivity index (χ1n) is 12.9. The highest BCUT2D eigenvalue weighted by molar-refractivity contribution is 7.09. The van der Waals surface area contributed by atoms with E-state index in [0.717, 1.165) is 11.3 Å². The van der Waals surface area contributed by atoms with Crippen molar-refractivity contribution >= 4 is 40.5 Å². The second-order valence-corrected chi connectivity index (χ2v) is 11.6. The fraction of sp³-hybridized carbons (Fsp3) is 0.483. The highest BCUT2D eigenvalue weighted by Gasteiger charge is 2.34. The number of aromatic carboxylic acids is 1. The molecule has 0 saturated heterocycles. The number of halogens is 1. The minimum atomic E-state index is -1.07. The Morgan fingerprint density at radius 2 is 2.10 bits per heavy atom. The molecule has 2 atom stereocenters. The van der Waals surface area contributed by atoms with Gasteiger partial charge in [0, 0.05) is 41.1 Å². The van der Waals surface area contributed by atoms with Crippen molar-refractivity contribution in [2.75, 3.05) is 31.8 Å². The Labute approximate surface area is 244 Å². The third-order valence-corrected chi connectivity index (χ3v) is 7.41. The number of aromatic nitrogens is 1. The molecule has 0 aliphatic carbocycles. The van der Waals surface area contributed by atoms with Crippen LogP contribution < -0.4 is 4.90 Å². The van der Waals surface area contributed by atoms with Gasteiger partial charge in [0.2, 0.25) is 0 Å². The van der Waals surface area contributed by atoms with Crippen molar-refractivity contribution in [2.45, 2.75) is 58.2 Å². The third-order valence-electron chi connectivity index (χ3n) is 6.27. The van der Waals surface area contributed by atoms with E-state index in [1.54, 1.807) is 17.0 Å². The molecule has 1 aliphatic rings. The quantitative estimate of drug-likeness (QED) is 0.248. The van der Waals surface area contributed by atoms with Crippen LogP contribution in [0.15, 0.2) is 48.6 Å². The van der Waals surface area contributed by atoms with Crippen LogP contribution in [0.25, 0.3) is 0 Å². The minimum absolute atomic E-state index is 0.00312. The predicted octanol–water partition coefficient (Wildman–Crippen LogP) is 4.89. The van der Waals surface area contributed by atoms with Crippen LogP contribution >= 0.6 is 22.9 Å². The number of rotatable bonds is 11. The minimum Gasteiger partial charge on any atom is -0.499 e. The first-order chi connectivity index (χ1) is 18.9. The summed E-state index contributed by atoms with van der Waals surface area (Å²) < 4.78 is 10.8. The molecule has 1 aromatic carbocycles. The van der Waals surface area contributed by atoms with Gasteiger partial charge in [0.25, 0.3) is 5.91 Å². The largest absolute Gasteiger partial charge is 0.499 e. The monoisotopic (exact) mass is 594 g/mol. The Morgan fingerprint density at radius 3 is 2.65 bits per heavy atom. The lowest BCUT2D eigenvalue weighted by atomic mass is 9.92. The number of carboxylic acid groups (broad SMARTS) is 1. The number of hydrogen-bond acceptors (Lipinski definition) is 8. The lowest BCUT2D eigenvalue weighted by Crippen LogP contribution is -2.47. The molecule has 1 amide bonds. The zero-order valence-electron chi connectivity index (χ0n) is 23.3. The number of aryl methyl sites for hydroxylation is 2. The molecule has 40 heavy (non-hydrogen) atoms. The number of carbonyl (C=O) groups is 2. The van der Waals surface area contributed by atoms with E-state index in [-0.39, 0.29) is 30.9 Å². The Morgan fingerprint density at radius 1 is 1.38 bits per heavy atom. The van der Waals surface area contributed by atoms with E-state index in [1.807, 2.05) is 26.0 Å². The Kier molecular flexibility index (Phi) is 13.3. The number of methoxy groups -OCH3 is 1. The molecule has 9 nitrogen and oxygen atoms in total. The molecule has 0 bridgehead atoms. The van der Waals surface area contributed by atoms with E-state index in [1.165, 1.54) is 23.8 Å². The molecule has 2 aromatic rings. The maximum absolute atomic E-state index is 13.9. The maximum Gasteiger partial charge on any atom is 0.355 e. The van der Waals surface area contributed by atoms with Crippen molar-refractivity contribution in [1.29, 1.82) is 0 Å². The summed E-state index contributed by atoms with van der Waals surface area (Å²) in [4.78, 5) is 30.9. The van der Waals surface area contributed by atoms with Crippen LogP contribution in [0.4, 0.5) is 5.69 Å². The van der Waals surface area contributed by atoms with Crippen LogP contribution in [0.1, 0.15) is 54.2 Å². The van der Waals surface area contributed by atoms with Crippen molar-refractivity contribution in [2.24, 2.45) is 5.41 Å². The highest BCUT2D eigenvalue weighted by atomic mass is 35.5. The summed E-state index contributed by atoms with van der Waals surface area (Å²) in [6.45, 7) is 11.1. The summed E-state index contributed by atoms with van der Waals surface area (Å²) in [5.41, 5.74) is 1.20. The second-order valence-electron chi connectivity index (χ2n) is 10.2. The van der Waals surface area contributed by atoms with Crippen LogP contribution in [0.2, 0.25) is 5.02 Å². The van der Waals surface area contributed by atoms with Crippen LogP contribution in [-0.4, -0.2) is 71.3 Å². The van der Waals surface area contributed by atoms with Crippen molar-refractivity contribution in [3.63, 3.8) is 0 Å². The van der Waals surface area contributed by atoms with E-state index in [4.69, 9.17) is 26.6 Å². The van der Waals surface area contributed by atoms with Gasteiger partial charge in [0.15, 0.2) is 5.69 Å². The van der Waals surface area contributed by atoms with Gasteiger partial charge in [-0.25, -0.2) is 9.78 Å². The number of benzene rings is 1. The van der Waals surface area contributed by atoms with Crippen LogP contribution in [0.3, 0.4) is 0 Å². The molecule has 0 radical (unpaired) electrons. The van der Waals surface area contributed by atoms with Crippen LogP contribution in [0.5, 0.6) is 0 Å². The van der Waals surface area contributed by atoms with Crippen molar-refractivity contribution in [3.05, 3.63) is 69.9 Å². The molecule has 3 rings (SSSR count). The average Bonchev–Trinajstić information content (AvgIpc) is 3.42. The van der Waals surface area contributed by atoms with E-state index in [0.29, 0.717) is 54.4 Å². The zero-order valence-corrected chi connectivity index (χ0v) is 24.8. The highest BCUT2D eigenvalue weighted by Crippen LogP contribution is 2.33. The number of amides is 1. The maximum atomic E-state index is 13.9. The average molecular weight is 595 g/mol. The summed E-state index contributed by atoms with van der Waals surface area (Å²) in [5.74, 6) is -0.873. The first-order valence-corrected chi connectivity index (χ1v) is 14.2. The summed E-state index contributed by atoms with van der Waals surface area (Å²) in [7, 11) is 1.47. The smallest absolute Gasteiger partial charge is 0.355 e. The summed E-state index contributed by atoms with van der Waals surface area (Å²) in [6.07, 6.45) is 3.59. The number of carbonyl (C=O) groups excluding carboxylic acids is 1. The lowest BCUT2D eigenvalue weighted by Gasteiger charge is -2.34. The topological polar surface area (TPSA) is 129 Å². The molecule has 2 heterocycles. The van der Waals surface area contributed by atoms with Gasteiger partial charge < -0.3 is 29.7 Å². The molecule has 1 aliphatic heterocycles. The molecule has 1 aromatic heterocycles. The Hall–Kier alpha value is -2.76. The predicted molar refractivity (Wildman–Crippen MR) is 157 cm³/mol. The molecule has 0 unspecified atom stereocenters. The molecule has 0 spiro atoms. The number of ether oxygens (including phenoxy) is 2. The molecular weight excluding hydrogens is 556 g/mol. The van der Waals surface area contributed by atoms with E-state index in [9.17, 15) is 14.7 Å². The van der Waals surface area contributed by atoms with E-state index >= 15 is 0 Å². The molecular formula is C29H39ClN2O7S. The van der Waals surface area contributed by atoms with Gasteiger partial charge in [-0.15, -0.1) is 17.9 Å². The molecule has 220 valence electrons. The van der Waals surface area contributed by atoms with Gasteiger partial charge in [0.1, 0.15) is 11.9 Å². The van der Waals surface area contributed by atoms with Gasteiger partial charge in [-0.1, -0.05) is 38.1 Å². The standard InChI is InChI=1S/C25H31ClN2O5S.C4H8O2/c1-4-5-18-8-6-16-12-17(26)7-9-20(16)28(14-25(2,3)15-29)23(30)21(33-18)10-11-22-27-19(13-34-22)24(31)32;1-4(3-5)6-2/h4,7,9,12-13,18,21,29H,1,5-6,8,10-11,14-15H2,2-3H3,(H,31,32);5H,1,3H2,2H3/t18-,21-;/m1./s1. The van der Waals surface area contributed by atoms with Crippen molar-refractivity contribution in [1.82, 2.24) is 4.98 Å². The Balaban J connectivity index is 0.000000840. The van der Waals surface area contributed by atoms with E-state index < -0.39 is 17.5 Å². The number of aliphatic hydroxyl groups excluding tert-OH is 2. The second kappa shape index (κ2) is 15.9. The van der Waals surface area contributed by atoms with Gasteiger partial charge in [0.05, 0.1) is 24.8 Å². The number of hydrogen-bond donors (Lipinski definition) is 3. The van der Waals surface area contributed by atoms with Gasteiger partial charge in [-0.05, 0) is 49.4 Å². The first kappa shape index (κ1) is 33.4. The summed E-state index contributed by atoms with van der Waals surface area (Å²) >= 11 is 7.55. The summed E-state index contributed by atoms with van der Waals surface area (Å²) in [6, 6.07) is 5.51. The zero-order chi connectivity index (χ0) is 29.9. The molecule has 11 heteroatoms. The van der Waals surface area contributed by atoms with Gasteiger partial charge in [-0.3, -0.25) is 4.79 Å². The number of nitrogens with zero attached hydrogens (tertiary/aromatic N) is 2. The molecule has 0 fully saturated rings. The number of carboxylic acids is 1. The summed E-state index contributed by atoms with van der Waals surface area (Å²) in [5, 5.41) is 29.9. The SMILES string of the molecule is C=C(CO)OC.C=CC[C@@H]1CCc2cc(Cl)ccc2N(CC(C)(C)CO)C(=O)[C@@H](CCc2nc(C(=O)O)cs2)O1. The number of aliphatic hydroxyl groups is 2. The third kappa shape index (κ3) is 10.0. The number of anilines is 1. The number of thiazole rings is 1. The fourth-order valence-electron chi connectivity index (χ4n) is 4.02. The lowest BCUT2D eigenvalue weighted by molar-refractivity contribution is -0.135. The molecule has 3 N–H and O–H groups in total. The van der Waals surface area contributed by atoms with Crippen molar-refractivity contribution < 1.29 is 34.4 Å². The van der Waals surface area contributed by atoms with Gasteiger partial charge >= 0.3 is 5.97 Å². The molecule has 0 saturated carbocycles. The number of fused-ring (bicyclic) bond motifs is 1. The van der Waals surface area contributed by atoms with E-state index in [2.05, 4.69) is 22.9 Å². The normalized spacial score (nSPS) is 17.4. The van der Waals surface area contributed by atoms with Crippen LogP contribution in [0, 0.1) is 5.41 Å².